The minimum Gasteiger partial charge on any atom is -0.348 e. The van der Waals surface area contributed by atoms with Crippen LogP contribution in [0.1, 0.15) is 11.1 Å². The zero-order valence-corrected chi connectivity index (χ0v) is 14.6. The molecule has 0 amide bonds. The first-order valence-corrected chi connectivity index (χ1v) is 7.70. The molecule has 0 saturated carbocycles. The van der Waals surface area contributed by atoms with Crippen LogP contribution in [-0.2, 0) is 20.6 Å². The number of anilines is 1. The van der Waals surface area contributed by atoms with Gasteiger partial charge in [0, 0.05) is 28.2 Å². The van der Waals surface area contributed by atoms with Crippen LogP contribution in [0.15, 0.2) is 33.9 Å². The van der Waals surface area contributed by atoms with E-state index in [1.165, 1.54) is 9.13 Å². The summed E-state index contributed by atoms with van der Waals surface area (Å²) >= 11 is 0. The highest BCUT2D eigenvalue weighted by molar-refractivity contribution is 5.74. The van der Waals surface area contributed by atoms with Crippen LogP contribution in [0.4, 0.5) is 5.95 Å². The molecule has 2 heterocycles. The van der Waals surface area contributed by atoms with Gasteiger partial charge in [0.25, 0.3) is 5.56 Å². The van der Waals surface area contributed by atoms with Crippen molar-refractivity contribution in [3.8, 4) is 0 Å². The molecule has 0 atom stereocenters. The maximum Gasteiger partial charge on any atom is 0.332 e. The number of benzene rings is 1. The topological polar surface area (TPSA) is 65.1 Å². The summed E-state index contributed by atoms with van der Waals surface area (Å²) < 4.78 is 4.41. The highest BCUT2D eigenvalue weighted by Gasteiger charge is 2.19. The summed E-state index contributed by atoms with van der Waals surface area (Å²) in [6.07, 6.45) is 0. The van der Waals surface area contributed by atoms with Crippen molar-refractivity contribution in [3.63, 3.8) is 0 Å². The van der Waals surface area contributed by atoms with Gasteiger partial charge in [-0.3, -0.25) is 13.9 Å². The van der Waals surface area contributed by atoms with E-state index in [9.17, 15) is 9.59 Å². The molecule has 0 N–H and O–H groups in total. The van der Waals surface area contributed by atoms with E-state index in [0.717, 1.165) is 11.1 Å². The Labute approximate surface area is 139 Å². The number of nitrogens with zero attached hydrogens (tertiary/aromatic N) is 5. The van der Waals surface area contributed by atoms with Crippen LogP contribution in [0.3, 0.4) is 0 Å². The number of rotatable bonds is 3. The van der Waals surface area contributed by atoms with E-state index in [4.69, 9.17) is 0 Å². The minimum atomic E-state index is -0.364. The van der Waals surface area contributed by atoms with Crippen molar-refractivity contribution < 1.29 is 0 Å². The Morgan fingerprint density at radius 1 is 1.04 bits per heavy atom. The second kappa shape index (κ2) is 5.67. The normalized spacial score (nSPS) is 11.2. The first-order chi connectivity index (χ1) is 11.3. The molecule has 126 valence electrons. The molecule has 0 unspecified atom stereocenters. The van der Waals surface area contributed by atoms with Gasteiger partial charge in [0.05, 0.1) is 6.54 Å². The van der Waals surface area contributed by atoms with E-state index in [2.05, 4.69) is 4.98 Å². The van der Waals surface area contributed by atoms with Crippen LogP contribution in [0.25, 0.3) is 11.2 Å². The molecule has 2 aromatic heterocycles. The molecular formula is C17H21N5O2. The van der Waals surface area contributed by atoms with Crippen molar-refractivity contribution >= 4 is 17.1 Å². The van der Waals surface area contributed by atoms with Crippen molar-refractivity contribution in [1.82, 2.24) is 18.7 Å². The van der Waals surface area contributed by atoms with E-state index in [1.54, 1.807) is 18.7 Å². The summed E-state index contributed by atoms with van der Waals surface area (Å²) in [6.45, 7) is 2.24. The van der Waals surface area contributed by atoms with E-state index < -0.39 is 0 Å². The third-order valence-corrected chi connectivity index (χ3v) is 4.20. The highest BCUT2D eigenvalue weighted by Crippen LogP contribution is 2.15. The molecule has 0 aliphatic heterocycles. The lowest BCUT2D eigenvalue weighted by Crippen LogP contribution is -2.39. The summed E-state index contributed by atoms with van der Waals surface area (Å²) in [5, 5.41) is 0. The van der Waals surface area contributed by atoms with Crippen LogP contribution in [0, 0.1) is 6.92 Å². The second-order valence-electron chi connectivity index (χ2n) is 6.26. The third kappa shape index (κ3) is 2.42. The molecule has 7 nitrogen and oxygen atoms in total. The fourth-order valence-electron chi connectivity index (χ4n) is 2.85. The number of hydrogen-bond donors (Lipinski definition) is 0. The number of aromatic nitrogens is 4. The molecular weight excluding hydrogens is 306 g/mol. The van der Waals surface area contributed by atoms with Gasteiger partial charge < -0.3 is 9.47 Å². The highest BCUT2D eigenvalue weighted by atomic mass is 16.2. The van der Waals surface area contributed by atoms with Gasteiger partial charge in [-0.1, -0.05) is 29.8 Å². The summed E-state index contributed by atoms with van der Waals surface area (Å²) in [4.78, 5) is 31.8. The third-order valence-electron chi connectivity index (χ3n) is 4.20. The molecule has 0 saturated heterocycles. The number of fused-ring (bicyclic) bond motifs is 1. The zero-order valence-electron chi connectivity index (χ0n) is 14.6. The number of imidazole rings is 1. The molecule has 7 heteroatoms. The Morgan fingerprint density at radius 2 is 1.67 bits per heavy atom. The molecule has 0 spiro atoms. The average molecular weight is 327 g/mol. The van der Waals surface area contributed by atoms with Crippen LogP contribution in [-0.4, -0.2) is 32.8 Å². The van der Waals surface area contributed by atoms with Gasteiger partial charge in [-0.25, -0.2) is 4.79 Å². The van der Waals surface area contributed by atoms with Crippen molar-refractivity contribution in [2.75, 3.05) is 19.0 Å². The summed E-state index contributed by atoms with van der Waals surface area (Å²) in [5.41, 5.74) is 2.18. The monoisotopic (exact) mass is 327 g/mol. The van der Waals surface area contributed by atoms with Gasteiger partial charge in [0.1, 0.15) is 0 Å². The standard InChI is InChI=1S/C17H21N5O2/c1-11-6-8-12(9-7-11)10-22-15(23)13-14(21(5)17(22)24)18-16(19(2)3)20(13)4/h6-9H,10H2,1-5H3. The van der Waals surface area contributed by atoms with E-state index in [1.807, 2.05) is 50.2 Å². The zero-order chi connectivity index (χ0) is 17.6. The Kier molecular flexibility index (Phi) is 3.79. The van der Waals surface area contributed by atoms with E-state index in [-0.39, 0.29) is 17.8 Å². The molecule has 3 rings (SSSR count). The predicted octanol–water partition coefficient (Wildman–Crippen LogP) is 0.856. The van der Waals surface area contributed by atoms with Crippen LogP contribution >= 0.6 is 0 Å². The summed E-state index contributed by atoms with van der Waals surface area (Å²) in [5.74, 6) is 0.630. The predicted molar refractivity (Wildman–Crippen MR) is 94.8 cm³/mol. The Hall–Kier alpha value is -2.83. The maximum absolute atomic E-state index is 12.9. The quantitative estimate of drug-likeness (QED) is 0.716. The van der Waals surface area contributed by atoms with Gasteiger partial charge in [-0.2, -0.15) is 4.98 Å². The Bertz CT molecular complexity index is 1020. The van der Waals surface area contributed by atoms with Crippen molar-refractivity contribution in [2.24, 2.45) is 14.1 Å². The first-order valence-electron chi connectivity index (χ1n) is 7.70. The van der Waals surface area contributed by atoms with Crippen LogP contribution in [0.2, 0.25) is 0 Å². The van der Waals surface area contributed by atoms with Crippen molar-refractivity contribution in [3.05, 3.63) is 56.2 Å². The largest absolute Gasteiger partial charge is 0.348 e. The lowest BCUT2D eigenvalue weighted by Gasteiger charge is -2.11. The molecule has 0 aliphatic rings. The van der Waals surface area contributed by atoms with Gasteiger partial charge in [0.15, 0.2) is 11.2 Å². The Balaban J connectivity index is 2.26. The fourth-order valence-corrected chi connectivity index (χ4v) is 2.85. The van der Waals surface area contributed by atoms with E-state index >= 15 is 0 Å². The second-order valence-corrected chi connectivity index (χ2v) is 6.26. The molecule has 3 aromatic rings. The van der Waals surface area contributed by atoms with Gasteiger partial charge in [0.2, 0.25) is 5.95 Å². The maximum atomic E-state index is 12.9. The average Bonchev–Trinajstić information content (AvgIpc) is 2.89. The molecule has 24 heavy (non-hydrogen) atoms. The minimum absolute atomic E-state index is 0.240. The number of aryl methyl sites for hydroxylation is 3. The summed E-state index contributed by atoms with van der Waals surface area (Å²) in [6, 6.07) is 7.80. The lowest BCUT2D eigenvalue weighted by atomic mass is 10.1. The molecule has 0 bridgehead atoms. The van der Waals surface area contributed by atoms with Crippen molar-refractivity contribution in [2.45, 2.75) is 13.5 Å². The van der Waals surface area contributed by atoms with Crippen LogP contribution in [0.5, 0.6) is 0 Å². The van der Waals surface area contributed by atoms with Gasteiger partial charge in [-0.05, 0) is 12.5 Å². The van der Waals surface area contributed by atoms with E-state index in [0.29, 0.717) is 17.1 Å². The smallest absolute Gasteiger partial charge is 0.332 e. The molecule has 1 aromatic carbocycles. The number of hydrogen-bond acceptors (Lipinski definition) is 4. The molecule has 0 fully saturated rings. The fraction of sp³-hybridized carbons (Fsp3) is 0.353. The van der Waals surface area contributed by atoms with Gasteiger partial charge in [-0.15, -0.1) is 0 Å². The molecule has 0 aliphatic carbocycles. The van der Waals surface area contributed by atoms with Gasteiger partial charge >= 0.3 is 5.69 Å². The molecule has 0 radical (unpaired) electrons. The first kappa shape index (κ1) is 16.0. The van der Waals surface area contributed by atoms with Crippen molar-refractivity contribution in [1.29, 1.82) is 0 Å². The Morgan fingerprint density at radius 3 is 2.25 bits per heavy atom. The summed E-state index contributed by atoms with van der Waals surface area (Å²) in [7, 11) is 7.13. The SMILES string of the molecule is Cc1ccc(Cn2c(=O)c3c(nc(N(C)C)n3C)n(C)c2=O)cc1. The van der Waals surface area contributed by atoms with Crippen LogP contribution < -0.4 is 16.1 Å². The lowest BCUT2D eigenvalue weighted by molar-refractivity contribution is 0.655.